The van der Waals surface area contributed by atoms with E-state index in [1.165, 1.54) is 0 Å². The Morgan fingerprint density at radius 2 is 1.72 bits per heavy atom. The largest absolute Gasteiger partial charge is 0.496 e. The Kier molecular flexibility index (Phi) is 8.66. The molecule has 1 aromatic heterocycles. The average molecular weight is 528 g/mol. The molecule has 0 aliphatic carbocycles. The van der Waals surface area contributed by atoms with Gasteiger partial charge in [0.15, 0.2) is 5.69 Å². The van der Waals surface area contributed by atoms with Gasteiger partial charge in [0.2, 0.25) is 0 Å². The summed E-state index contributed by atoms with van der Waals surface area (Å²) < 4.78 is 7.32. The Hall–Kier alpha value is -4.17. The van der Waals surface area contributed by atoms with Gasteiger partial charge in [0.1, 0.15) is 5.75 Å². The van der Waals surface area contributed by atoms with Crippen molar-refractivity contribution >= 4 is 23.2 Å². The summed E-state index contributed by atoms with van der Waals surface area (Å²) in [7, 11) is 5.43. The number of hydrogen-bond donors (Lipinski definition) is 0. The van der Waals surface area contributed by atoms with Gasteiger partial charge in [-0.15, -0.1) is 0 Å². The van der Waals surface area contributed by atoms with E-state index in [0.717, 1.165) is 54.4 Å². The molecule has 2 heterocycles. The number of hydrogen-bond acceptors (Lipinski definition) is 5. The fraction of sp³-hybridized carbons (Fsp3) is 0.323. The lowest BCUT2D eigenvalue weighted by Gasteiger charge is -2.32. The molecular weight excluding hydrogens is 490 g/mol. The van der Waals surface area contributed by atoms with Crippen molar-refractivity contribution in [2.45, 2.75) is 20.3 Å². The van der Waals surface area contributed by atoms with Crippen LogP contribution in [0.1, 0.15) is 44.6 Å². The van der Waals surface area contributed by atoms with Crippen LogP contribution in [0.4, 0.5) is 5.69 Å². The van der Waals surface area contributed by atoms with Gasteiger partial charge in [0.05, 0.1) is 12.8 Å². The van der Waals surface area contributed by atoms with Crippen LogP contribution >= 0.6 is 0 Å². The number of rotatable bonds is 8. The molecule has 3 aromatic rings. The minimum atomic E-state index is -0.235. The predicted octanol–water partition coefficient (Wildman–Crippen LogP) is 4.50. The summed E-state index contributed by atoms with van der Waals surface area (Å²) in [6.45, 7) is 11.1. The molecule has 1 saturated heterocycles. The summed E-state index contributed by atoms with van der Waals surface area (Å²) in [5, 5.41) is 4.72. The van der Waals surface area contributed by atoms with Crippen molar-refractivity contribution in [3.8, 4) is 5.75 Å². The molecule has 2 amide bonds. The second-order valence-electron chi connectivity index (χ2n) is 9.76. The molecule has 0 spiro atoms. The summed E-state index contributed by atoms with van der Waals surface area (Å²) in [5.41, 5.74) is 5.27. The zero-order valence-corrected chi connectivity index (χ0v) is 23.5. The van der Waals surface area contributed by atoms with E-state index < -0.39 is 0 Å². The number of benzene rings is 2. The number of allylic oxidation sites excluding steroid dienone is 2. The second kappa shape index (κ2) is 12.1. The predicted molar refractivity (Wildman–Crippen MR) is 155 cm³/mol. The molecule has 0 radical (unpaired) electrons. The van der Waals surface area contributed by atoms with Gasteiger partial charge in [-0.1, -0.05) is 31.7 Å². The number of ether oxygens (including phenoxy) is 1. The molecule has 0 saturated carbocycles. The number of anilines is 1. The van der Waals surface area contributed by atoms with E-state index in [9.17, 15) is 9.59 Å². The molecule has 1 aliphatic rings. The number of aromatic nitrogens is 2. The molecule has 0 atom stereocenters. The van der Waals surface area contributed by atoms with Crippen LogP contribution in [0.25, 0.3) is 5.70 Å². The summed E-state index contributed by atoms with van der Waals surface area (Å²) >= 11 is 0. The molecule has 0 N–H and O–H groups in total. The Morgan fingerprint density at radius 1 is 1.05 bits per heavy atom. The molecule has 1 fully saturated rings. The van der Waals surface area contributed by atoms with Crippen LogP contribution in [-0.2, 0) is 6.42 Å². The van der Waals surface area contributed by atoms with Gasteiger partial charge in [0, 0.05) is 55.7 Å². The number of aryl methyl sites for hydroxylation is 2. The van der Waals surface area contributed by atoms with Crippen molar-refractivity contribution in [1.82, 2.24) is 19.6 Å². The van der Waals surface area contributed by atoms with Crippen molar-refractivity contribution in [2.24, 2.45) is 0 Å². The first-order valence-corrected chi connectivity index (χ1v) is 13.2. The Labute approximate surface area is 230 Å². The number of methoxy groups -OCH3 is 1. The topological polar surface area (TPSA) is 70.9 Å². The summed E-state index contributed by atoms with van der Waals surface area (Å²) in [5.74, 6) is 0.559. The third-order valence-corrected chi connectivity index (χ3v) is 7.17. The summed E-state index contributed by atoms with van der Waals surface area (Å²) in [6, 6.07) is 15.0. The van der Waals surface area contributed by atoms with Crippen LogP contribution in [0.2, 0.25) is 0 Å². The second-order valence-corrected chi connectivity index (χ2v) is 9.76. The molecular formula is C31H37N5O3. The first kappa shape index (κ1) is 27.9. The van der Waals surface area contributed by atoms with Crippen LogP contribution in [0, 0.1) is 6.92 Å². The van der Waals surface area contributed by atoms with E-state index in [0.29, 0.717) is 23.4 Å². The maximum Gasteiger partial charge on any atom is 0.278 e. The lowest BCUT2D eigenvalue weighted by molar-refractivity contribution is 0.0664. The first-order valence-electron chi connectivity index (χ1n) is 13.2. The van der Waals surface area contributed by atoms with Crippen LogP contribution < -0.4 is 9.64 Å². The van der Waals surface area contributed by atoms with Crippen LogP contribution in [-0.4, -0.2) is 78.8 Å². The van der Waals surface area contributed by atoms with Crippen molar-refractivity contribution in [2.75, 3.05) is 52.3 Å². The minimum absolute atomic E-state index is 0.0178. The zero-order chi connectivity index (χ0) is 28.1. The monoisotopic (exact) mass is 527 g/mol. The number of amides is 2. The normalized spacial score (nSPS) is 14.3. The average Bonchev–Trinajstić information content (AvgIpc) is 3.40. The van der Waals surface area contributed by atoms with Crippen molar-refractivity contribution < 1.29 is 14.3 Å². The highest BCUT2D eigenvalue weighted by atomic mass is 16.5. The standard InChI is InChI=1S/C31H37N5O3/c1-7-9-28(24-11-10-22(3)29(20-24)39-6)36-25(8-2)21-27(32-36)31(38)34(5)26-14-12-23(13-15-26)30(37)35-18-16-33(4)17-19-35/h7,9-15,20-21H,1,8,16-19H2,2-6H3/b28-9-. The Morgan fingerprint density at radius 3 is 2.33 bits per heavy atom. The summed E-state index contributed by atoms with van der Waals surface area (Å²) in [4.78, 5) is 32.0. The number of carbonyl (C=O) groups is 2. The number of carbonyl (C=O) groups excluding carboxylic acids is 2. The van der Waals surface area contributed by atoms with Gasteiger partial charge in [-0.05, 0) is 68.4 Å². The van der Waals surface area contributed by atoms with E-state index in [4.69, 9.17) is 9.84 Å². The van der Waals surface area contributed by atoms with Crippen LogP contribution in [0.5, 0.6) is 5.75 Å². The van der Waals surface area contributed by atoms with Gasteiger partial charge >= 0.3 is 0 Å². The highest BCUT2D eigenvalue weighted by Gasteiger charge is 2.23. The molecule has 8 heteroatoms. The summed E-state index contributed by atoms with van der Waals surface area (Å²) in [6.07, 6.45) is 4.27. The fourth-order valence-corrected chi connectivity index (χ4v) is 4.67. The maximum absolute atomic E-state index is 13.5. The molecule has 2 aromatic carbocycles. The van der Waals surface area contributed by atoms with Gasteiger partial charge in [0.25, 0.3) is 11.8 Å². The molecule has 204 valence electrons. The maximum atomic E-state index is 13.5. The molecule has 39 heavy (non-hydrogen) atoms. The van der Waals surface area contributed by atoms with Crippen LogP contribution in [0.15, 0.2) is 67.3 Å². The Balaban J connectivity index is 1.57. The van der Waals surface area contributed by atoms with Gasteiger partial charge in [-0.3, -0.25) is 9.59 Å². The highest BCUT2D eigenvalue weighted by molar-refractivity contribution is 6.05. The zero-order valence-electron chi connectivity index (χ0n) is 23.5. The van der Waals surface area contributed by atoms with Crippen molar-refractivity contribution in [3.05, 3.63) is 95.3 Å². The van der Waals surface area contributed by atoms with E-state index in [1.807, 2.05) is 49.1 Å². The van der Waals surface area contributed by atoms with E-state index in [2.05, 4.69) is 18.5 Å². The van der Waals surface area contributed by atoms with Gasteiger partial charge < -0.3 is 19.4 Å². The molecule has 4 rings (SSSR count). The third-order valence-electron chi connectivity index (χ3n) is 7.17. The quantitative estimate of drug-likeness (QED) is 0.404. The number of nitrogens with zero attached hydrogens (tertiary/aromatic N) is 5. The fourth-order valence-electron chi connectivity index (χ4n) is 4.67. The highest BCUT2D eigenvalue weighted by Crippen LogP contribution is 2.27. The number of likely N-dealkylation sites (N-methyl/N-ethyl adjacent to an activating group) is 1. The lowest BCUT2D eigenvalue weighted by Crippen LogP contribution is -2.47. The van der Waals surface area contributed by atoms with E-state index >= 15 is 0 Å². The van der Waals surface area contributed by atoms with Crippen molar-refractivity contribution in [1.29, 1.82) is 0 Å². The van der Waals surface area contributed by atoms with Gasteiger partial charge in [-0.25, -0.2) is 4.68 Å². The minimum Gasteiger partial charge on any atom is -0.496 e. The van der Waals surface area contributed by atoms with E-state index in [-0.39, 0.29) is 11.8 Å². The van der Waals surface area contributed by atoms with Gasteiger partial charge in [-0.2, -0.15) is 5.10 Å². The smallest absolute Gasteiger partial charge is 0.278 e. The first-order chi connectivity index (χ1) is 18.8. The number of piperazine rings is 1. The lowest BCUT2D eigenvalue weighted by atomic mass is 10.1. The molecule has 0 unspecified atom stereocenters. The SMILES string of the molecule is C=C/C=C(/c1ccc(C)c(OC)c1)n1nc(C(=O)N(C)c2ccc(C(=O)N3CCN(C)CC3)cc2)cc1CC. The van der Waals surface area contributed by atoms with Crippen LogP contribution in [0.3, 0.4) is 0 Å². The molecule has 1 aliphatic heterocycles. The third kappa shape index (κ3) is 5.96. The molecule has 8 nitrogen and oxygen atoms in total. The Bertz CT molecular complexity index is 1380. The molecule has 0 bridgehead atoms. The van der Waals surface area contributed by atoms with Crippen molar-refractivity contribution in [3.63, 3.8) is 0 Å². The van der Waals surface area contributed by atoms with E-state index in [1.54, 1.807) is 54.1 Å².